The van der Waals surface area contributed by atoms with Crippen LogP contribution in [0.15, 0.2) is 54.9 Å². The van der Waals surface area contributed by atoms with Crippen LogP contribution in [0, 0.1) is 13.8 Å². The zero-order valence-corrected chi connectivity index (χ0v) is 25.6. The van der Waals surface area contributed by atoms with Gasteiger partial charge in [0.25, 0.3) is 0 Å². The molecule has 1 fully saturated rings. The summed E-state index contributed by atoms with van der Waals surface area (Å²) >= 11 is 6.37. The van der Waals surface area contributed by atoms with Crippen molar-refractivity contribution in [3.05, 3.63) is 82.3 Å². The summed E-state index contributed by atoms with van der Waals surface area (Å²) in [5, 5.41) is 2.48. The number of hydrogen-bond acceptors (Lipinski definition) is 10. The number of nitrogens with one attached hydrogen (secondary N) is 1. The van der Waals surface area contributed by atoms with Gasteiger partial charge in [-0.3, -0.25) is 9.88 Å². The highest BCUT2D eigenvalue weighted by Crippen LogP contribution is 2.34. The number of rotatable bonds is 7. The second kappa shape index (κ2) is 12.6. The molecule has 0 saturated carbocycles. The van der Waals surface area contributed by atoms with Crippen molar-refractivity contribution in [3.8, 4) is 0 Å². The van der Waals surface area contributed by atoms with E-state index in [4.69, 9.17) is 30.5 Å². The number of anilines is 1. The third-order valence-corrected chi connectivity index (χ3v) is 6.96. The van der Waals surface area contributed by atoms with Gasteiger partial charge in [-0.2, -0.15) is 9.97 Å². The molecule has 1 saturated heterocycles. The van der Waals surface area contributed by atoms with Crippen LogP contribution in [0.3, 0.4) is 0 Å². The predicted octanol–water partition coefficient (Wildman–Crippen LogP) is 5.81. The molecule has 0 aliphatic carbocycles. The molecule has 1 aliphatic heterocycles. The Balaban J connectivity index is 1.38. The molecule has 0 spiro atoms. The van der Waals surface area contributed by atoms with E-state index in [0.717, 1.165) is 11.1 Å². The minimum absolute atomic E-state index is 0.00346. The molecule has 44 heavy (non-hydrogen) atoms. The first-order chi connectivity index (χ1) is 20.9. The molecule has 2 aromatic carbocycles. The Morgan fingerprint density at radius 3 is 2.20 bits per heavy atom. The van der Waals surface area contributed by atoms with Gasteiger partial charge >= 0.3 is 18.0 Å². The van der Waals surface area contributed by atoms with E-state index < -0.39 is 42.1 Å². The lowest BCUT2D eigenvalue weighted by Gasteiger charge is -2.19. The third-order valence-electron chi connectivity index (χ3n) is 6.69. The van der Waals surface area contributed by atoms with E-state index >= 15 is 0 Å². The van der Waals surface area contributed by atoms with Crippen molar-refractivity contribution in [3.63, 3.8) is 0 Å². The van der Waals surface area contributed by atoms with Crippen LogP contribution in [0.25, 0.3) is 11.2 Å². The maximum atomic E-state index is 13.1. The predicted molar refractivity (Wildman–Crippen MR) is 161 cm³/mol. The van der Waals surface area contributed by atoms with Crippen LogP contribution in [-0.2, 0) is 18.9 Å². The van der Waals surface area contributed by atoms with E-state index in [0.29, 0.717) is 11.1 Å². The summed E-state index contributed by atoms with van der Waals surface area (Å²) in [6, 6.07) is 14.0. The van der Waals surface area contributed by atoms with Gasteiger partial charge < -0.3 is 18.9 Å². The number of nitrogens with zero attached hydrogens (tertiary/aromatic N) is 4. The molecule has 0 radical (unpaired) electrons. The summed E-state index contributed by atoms with van der Waals surface area (Å²) in [6.45, 7) is 8.85. The molecular formula is C31H32ClN5O7. The monoisotopic (exact) mass is 621 g/mol. The number of benzene rings is 2. The maximum absolute atomic E-state index is 13.1. The highest BCUT2D eigenvalue weighted by atomic mass is 35.5. The third kappa shape index (κ3) is 7.32. The van der Waals surface area contributed by atoms with E-state index in [-0.39, 0.29) is 35.3 Å². The molecule has 1 N–H and O–H groups in total. The number of carbonyl (C=O) groups excluding carboxylic acids is 3. The van der Waals surface area contributed by atoms with E-state index in [1.165, 1.54) is 6.33 Å². The van der Waals surface area contributed by atoms with Gasteiger partial charge in [0, 0.05) is 6.42 Å². The molecule has 13 heteroatoms. The van der Waals surface area contributed by atoms with Crippen LogP contribution in [0.4, 0.5) is 10.7 Å². The topological polar surface area (TPSA) is 144 Å². The number of halogens is 1. The highest BCUT2D eigenvalue weighted by Gasteiger charge is 2.41. The van der Waals surface area contributed by atoms with Crippen molar-refractivity contribution in [2.45, 2.75) is 65.1 Å². The number of ether oxygens (including phenoxy) is 4. The molecule has 3 atom stereocenters. The Labute approximate surface area is 258 Å². The average Bonchev–Trinajstić information content (AvgIpc) is 3.55. The SMILES string of the molecule is Cc1ccc(C(=O)OC[C@H]2OC(n3cnc4c(Cl)nc(NC(=O)OC(C)(C)C)nc43)C[C@@H]2OC(=O)c2ccc(C)cc2)cc1. The molecule has 3 heterocycles. The van der Waals surface area contributed by atoms with Gasteiger partial charge in [0.1, 0.15) is 36.2 Å². The molecule has 230 valence electrons. The summed E-state index contributed by atoms with van der Waals surface area (Å²) in [4.78, 5) is 51.0. The molecule has 2 aromatic heterocycles. The van der Waals surface area contributed by atoms with Gasteiger partial charge in [-0.1, -0.05) is 47.0 Å². The van der Waals surface area contributed by atoms with Crippen LogP contribution in [-0.4, -0.2) is 62.0 Å². The molecule has 1 aliphatic rings. The molecule has 1 amide bonds. The van der Waals surface area contributed by atoms with Crippen molar-refractivity contribution >= 4 is 46.7 Å². The van der Waals surface area contributed by atoms with Crippen molar-refractivity contribution in [1.29, 1.82) is 0 Å². The zero-order chi connectivity index (χ0) is 31.6. The summed E-state index contributed by atoms with van der Waals surface area (Å²) in [7, 11) is 0. The first-order valence-electron chi connectivity index (χ1n) is 13.9. The normalized spacial score (nSPS) is 18.2. The van der Waals surface area contributed by atoms with E-state index in [1.807, 2.05) is 38.1 Å². The van der Waals surface area contributed by atoms with Gasteiger partial charge in [0.2, 0.25) is 5.95 Å². The van der Waals surface area contributed by atoms with Crippen molar-refractivity contribution in [2.75, 3.05) is 11.9 Å². The quantitative estimate of drug-likeness (QED) is 0.152. The summed E-state index contributed by atoms with van der Waals surface area (Å²) in [6.07, 6.45) is -1.43. The largest absolute Gasteiger partial charge is 0.459 e. The van der Waals surface area contributed by atoms with Gasteiger partial charge in [-0.25, -0.2) is 19.4 Å². The fourth-order valence-electron chi connectivity index (χ4n) is 4.51. The minimum atomic E-state index is -0.807. The summed E-state index contributed by atoms with van der Waals surface area (Å²) < 4.78 is 24.6. The summed E-state index contributed by atoms with van der Waals surface area (Å²) in [5.41, 5.74) is 2.57. The Morgan fingerprint density at radius 1 is 0.977 bits per heavy atom. The number of aromatic nitrogens is 4. The van der Waals surface area contributed by atoms with Crippen LogP contribution in [0.2, 0.25) is 5.15 Å². The Hall–Kier alpha value is -4.55. The van der Waals surface area contributed by atoms with E-state index in [1.54, 1.807) is 49.6 Å². The van der Waals surface area contributed by atoms with E-state index in [2.05, 4.69) is 20.3 Å². The number of hydrogen-bond donors (Lipinski definition) is 1. The first kappa shape index (κ1) is 30.9. The van der Waals surface area contributed by atoms with E-state index in [9.17, 15) is 14.4 Å². The van der Waals surface area contributed by atoms with Gasteiger partial charge in [0.15, 0.2) is 10.8 Å². The number of imidazole rings is 1. The van der Waals surface area contributed by atoms with Gasteiger partial charge in [-0.05, 0) is 58.9 Å². The average molecular weight is 622 g/mol. The number of fused-ring (bicyclic) bond motifs is 1. The fourth-order valence-corrected chi connectivity index (χ4v) is 4.73. The second-order valence-electron chi connectivity index (χ2n) is 11.4. The smallest absolute Gasteiger partial charge is 0.414 e. The van der Waals surface area contributed by atoms with Crippen molar-refractivity contribution in [2.24, 2.45) is 0 Å². The van der Waals surface area contributed by atoms with Crippen molar-refractivity contribution < 1.29 is 33.3 Å². The Kier molecular flexibility index (Phi) is 8.84. The minimum Gasteiger partial charge on any atom is -0.459 e. The number of esters is 2. The van der Waals surface area contributed by atoms with Crippen LogP contribution >= 0.6 is 11.6 Å². The van der Waals surface area contributed by atoms with Crippen LogP contribution < -0.4 is 5.32 Å². The number of amides is 1. The molecule has 5 rings (SSSR count). The summed E-state index contributed by atoms with van der Waals surface area (Å²) in [5.74, 6) is -1.17. The number of carbonyl (C=O) groups is 3. The highest BCUT2D eigenvalue weighted by molar-refractivity contribution is 6.33. The molecule has 0 bridgehead atoms. The van der Waals surface area contributed by atoms with Crippen LogP contribution in [0.5, 0.6) is 0 Å². The fraction of sp³-hybridized carbons (Fsp3) is 0.355. The molecule has 12 nitrogen and oxygen atoms in total. The maximum Gasteiger partial charge on any atom is 0.414 e. The first-order valence-corrected chi connectivity index (χ1v) is 14.3. The lowest BCUT2D eigenvalue weighted by Crippen LogP contribution is -2.32. The lowest BCUT2D eigenvalue weighted by atomic mass is 10.1. The van der Waals surface area contributed by atoms with Gasteiger partial charge in [-0.15, -0.1) is 0 Å². The zero-order valence-electron chi connectivity index (χ0n) is 24.9. The van der Waals surface area contributed by atoms with Gasteiger partial charge in [0.05, 0.1) is 17.5 Å². The molecule has 4 aromatic rings. The second-order valence-corrected chi connectivity index (χ2v) is 11.8. The molecular weight excluding hydrogens is 590 g/mol. The molecule has 1 unspecified atom stereocenters. The van der Waals surface area contributed by atoms with Crippen LogP contribution in [0.1, 0.15) is 65.3 Å². The number of aryl methyl sites for hydroxylation is 2. The van der Waals surface area contributed by atoms with Crippen molar-refractivity contribution in [1.82, 2.24) is 19.5 Å². The lowest BCUT2D eigenvalue weighted by molar-refractivity contribution is -0.0563. The Morgan fingerprint density at radius 2 is 1.59 bits per heavy atom. The standard InChI is InChI=1S/C31H32ClN5O7/c1-17-6-10-19(11-7-17)27(38)41-15-22-21(43-28(39)20-12-8-18(2)9-13-20)14-23(42-22)37-16-33-24-25(32)34-29(35-26(24)37)36-30(40)44-31(3,4)5/h6-13,16,21-23H,14-15H2,1-5H3,(H,34,35,36,40)/t21-,22+,23?/m0/s1. The Bertz CT molecular complexity index is 1680.